The molecule has 0 bridgehead atoms. The molecular formula is C15H18FNO4. The lowest BCUT2D eigenvalue weighted by atomic mass is 9.87. The predicted molar refractivity (Wildman–Crippen MR) is 73.4 cm³/mol. The fourth-order valence-electron chi connectivity index (χ4n) is 2.24. The van der Waals surface area contributed by atoms with Crippen LogP contribution < -0.4 is 4.74 Å². The second kappa shape index (κ2) is 6.11. The van der Waals surface area contributed by atoms with Crippen molar-refractivity contribution < 1.29 is 23.8 Å². The summed E-state index contributed by atoms with van der Waals surface area (Å²) in [4.78, 5) is 24.5. The van der Waals surface area contributed by atoms with Crippen LogP contribution in [0.5, 0.6) is 5.75 Å². The van der Waals surface area contributed by atoms with Gasteiger partial charge in [-0.05, 0) is 31.2 Å². The van der Waals surface area contributed by atoms with Crippen molar-refractivity contribution in [2.75, 3.05) is 13.1 Å². The summed E-state index contributed by atoms with van der Waals surface area (Å²) in [5.74, 6) is -1.44. The number of carbonyl (C=O) groups excluding carboxylic acids is 1. The Balaban J connectivity index is 1.84. The van der Waals surface area contributed by atoms with Crippen LogP contribution in [0.15, 0.2) is 24.3 Å². The molecule has 1 aliphatic heterocycles. The number of carboxylic acids is 1. The van der Waals surface area contributed by atoms with Crippen molar-refractivity contribution >= 4 is 11.9 Å². The highest BCUT2D eigenvalue weighted by molar-refractivity contribution is 5.82. The molecule has 2 atom stereocenters. The molecule has 1 aromatic carbocycles. The maximum absolute atomic E-state index is 12.8. The Morgan fingerprint density at radius 2 is 1.86 bits per heavy atom. The Morgan fingerprint density at radius 3 is 2.38 bits per heavy atom. The van der Waals surface area contributed by atoms with E-state index in [4.69, 9.17) is 9.84 Å². The Hall–Kier alpha value is -2.11. The van der Waals surface area contributed by atoms with E-state index in [-0.39, 0.29) is 17.6 Å². The number of ether oxygens (including phenoxy) is 1. The minimum absolute atomic E-state index is 0.00975. The summed E-state index contributed by atoms with van der Waals surface area (Å²) in [6, 6.07) is 5.45. The number of rotatable bonds is 5. The fourth-order valence-corrected chi connectivity index (χ4v) is 2.24. The lowest BCUT2D eigenvalue weighted by Gasteiger charge is -2.42. The van der Waals surface area contributed by atoms with Crippen LogP contribution in [0.1, 0.15) is 13.8 Å². The smallest absolute Gasteiger partial charge is 0.306 e. The molecule has 1 amide bonds. The first-order valence-corrected chi connectivity index (χ1v) is 6.82. The maximum atomic E-state index is 12.8. The molecule has 2 unspecified atom stereocenters. The number of likely N-dealkylation sites (tertiary alicyclic amines) is 1. The zero-order chi connectivity index (χ0) is 15.6. The number of halogens is 1. The molecule has 0 aromatic heterocycles. The van der Waals surface area contributed by atoms with Gasteiger partial charge >= 0.3 is 5.97 Å². The van der Waals surface area contributed by atoms with Gasteiger partial charge in [0.15, 0.2) is 6.10 Å². The Kier molecular flexibility index (Phi) is 4.45. The third kappa shape index (κ3) is 3.51. The van der Waals surface area contributed by atoms with Gasteiger partial charge in [0.2, 0.25) is 0 Å². The van der Waals surface area contributed by atoms with E-state index in [1.165, 1.54) is 24.3 Å². The van der Waals surface area contributed by atoms with Crippen LogP contribution in [0.4, 0.5) is 4.39 Å². The first-order valence-electron chi connectivity index (χ1n) is 6.82. The second-order valence-electron chi connectivity index (χ2n) is 5.34. The van der Waals surface area contributed by atoms with Crippen molar-refractivity contribution in [3.8, 4) is 5.75 Å². The zero-order valence-electron chi connectivity index (χ0n) is 12.0. The molecule has 1 N–H and O–H groups in total. The van der Waals surface area contributed by atoms with E-state index >= 15 is 0 Å². The first kappa shape index (κ1) is 15.3. The second-order valence-corrected chi connectivity index (χ2v) is 5.34. The summed E-state index contributed by atoms with van der Waals surface area (Å²) < 4.78 is 18.2. The van der Waals surface area contributed by atoms with Gasteiger partial charge in [0, 0.05) is 19.0 Å². The van der Waals surface area contributed by atoms with Crippen LogP contribution >= 0.6 is 0 Å². The van der Waals surface area contributed by atoms with Gasteiger partial charge in [0.1, 0.15) is 11.6 Å². The normalized spacial score (nSPS) is 17.8. The van der Waals surface area contributed by atoms with Gasteiger partial charge in [-0.1, -0.05) is 6.92 Å². The van der Waals surface area contributed by atoms with Crippen LogP contribution in [-0.4, -0.2) is 41.1 Å². The van der Waals surface area contributed by atoms with E-state index < -0.39 is 18.0 Å². The average Bonchev–Trinajstić information content (AvgIpc) is 2.39. The average molecular weight is 295 g/mol. The summed E-state index contributed by atoms with van der Waals surface area (Å²) in [5.41, 5.74) is 0. The zero-order valence-corrected chi connectivity index (χ0v) is 12.0. The molecule has 1 aliphatic rings. The van der Waals surface area contributed by atoms with Crippen molar-refractivity contribution in [3.05, 3.63) is 30.1 Å². The summed E-state index contributed by atoms with van der Waals surface area (Å²) in [6.07, 6.45) is -0.684. The van der Waals surface area contributed by atoms with E-state index in [2.05, 4.69) is 0 Å². The topological polar surface area (TPSA) is 66.8 Å². The number of carbonyl (C=O) groups is 2. The number of hydrogen-bond acceptors (Lipinski definition) is 3. The Morgan fingerprint density at radius 1 is 1.29 bits per heavy atom. The van der Waals surface area contributed by atoms with Crippen LogP contribution in [0.25, 0.3) is 0 Å². The highest BCUT2D eigenvalue weighted by Crippen LogP contribution is 2.25. The largest absolute Gasteiger partial charge is 0.481 e. The lowest BCUT2D eigenvalue weighted by Crippen LogP contribution is -2.56. The molecule has 5 nitrogen and oxygen atoms in total. The van der Waals surface area contributed by atoms with Crippen LogP contribution in [-0.2, 0) is 9.59 Å². The summed E-state index contributed by atoms with van der Waals surface area (Å²) in [7, 11) is 0. The predicted octanol–water partition coefficient (Wildman–Crippen LogP) is 1.77. The third-order valence-electron chi connectivity index (χ3n) is 3.79. The molecule has 1 aromatic rings. The number of aliphatic carboxylic acids is 1. The number of nitrogens with zero attached hydrogens (tertiary/aromatic N) is 1. The highest BCUT2D eigenvalue weighted by atomic mass is 19.1. The van der Waals surface area contributed by atoms with Crippen molar-refractivity contribution in [1.82, 2.24) is 4.90 Å². The Labute approximate surface area is 122 Å². The van der Waals surface area contributed by atoms with Gasteiger partial charge in [-0.3, -0.25) is 9.59 Å². The molecule has 1 fully saturated rings. The molecule has 1 heterocycles. The molecule has 1 saturated heterocycles. The van der Waals surface area contributed by atoms with Crippen molar-refractivity contribution in [2.24, 2.45) is 11.8 Å². The van der Waals surface area contributed by atoms with Gasteiger partial charge < -0.3 is 14.7 Å². The number of carboxylic acid groups (broad SMARTS) is 1. The first-order chi connectivity index (χ1) is 9.88. The minimum atomic E-state index is -0.845. The number of benzene rings is 1. The number of amides is 1. The summed E-state index contributed by atoms with van der Waals surface area (Å²) in [6.45, 7) is 4.14. The van der Waals surface area contributed by atoms with Gasteiger partial charge in [0.25, 0.3) is 5.91 Å². The molecule has 0 aliphatic carbocycles. The molecule has 0 saturated carbocycles. The van der Waals surface area contributed by atoms with E-state index in [0.29, 0.717) is 18.8 Å². The molecule has 21 heavy (non-hydrogen) atoms. The SMILES string of the molecule is CC(Oc1ccc(F)cc1)C(=O)N1CC(C(C)C(=O)O)C1. The van der Waals surface area contributed by atoms with Gasteiger partial charge in [-0.2, -0.15) is 0 Å². The van der Waals surface area contributed by atoms with E-state index in [1.807, 2.05) is 0 Å². The van der Waals surface area contributed by atoms with E-state index in [9.17, 15) is 14.0 Å². The van der Waals surface area contributed by atoms with E-state index in [0.717, 1.165) is 0 Å². The van der Waals surface area contributed by atoms with Crippen molar-refractivity contribution in [3.63, 3.8) is 0 Å². The monoisotopic (exact) mass is 295 g/mol. The fraction of sp³-hybridized carbons (Fsp3) is 0.467. The maximum Gasteiger partial charge on any atom is 0.306 e. The Bertz CT molecular complexity index is 525. The van der Waals surface area contributed by atoms with Crippen molar-refractivity contribution in [2.45, 2.75) is 20.0 Å². The highest BCUT2D eigenvalue weighted by Gasteiger charge is 2.38. The lowest BCUT2D eigenvalue weighted by molar-refractivity contribution is -0.153. The minimum Gasteiger partial charge on any atom is -0.481 e. The van der Waals surface area contributed by atoms with Crippen LogP contribution in [0.2, 0.25) is 0 Å². The van der Waals surface area contributed by atoms with Gasteiger partial charge in [0.05, 0.1) is 5.92 Å². The molecule has 6 heteroatoms. The van der Waals surface area contributed by atoms with Crippen molar-refractivity contribution in [1.29, 1.82) is 0 Å². The molecule has 0 radical (unpaired) electrons. The van der Waals surface area contributed by atoms with Crippen LogP contribution in [0.3, 0.4) is 0 Å². The molecule has 2 rings (SSSR count). The van der Waals surface area contributed by atoms with Gasteiger partial charge in [-0.15, -0.1) is 0 Å². The number of hydrogen-bond donors (Lipinski definition) is 1. The van der Waals surface area contributed by atoms with Gasteiger partial charge in [-0.25, -0.2) is 4.39 Å². The molecule has 0 spiro atoms. The third-order valence-corrected chi connectivity index (χ3v) is 3.79. The molecule has 114 valence electrons. The standard InChI is InChI=1S/C15H18FNO4/c1-9(15(19)20)11-7-17(8-11)14(18)10(2)21-13-5-3-12(16)4-6-13/h3-6,9-11H,7-8H2,1-2H3,(H,19,20). The summed E-state index contributed by atoms with van der Waals surface area (Å²) in [5, 5.41) is 8.91. The quantitative estimate of drug-likeness (QED) is 0.899. The van der Waals surface area contributed by atoms with E-state index in [1.54, 1.807) is 18.7 Å². The van der Waals surface area contributed by atoms with Crippen LogP contribution in [0, 0.1) is 17.7 Å². The summed E-state index contributed by atoms with van der Waals surface area (Å²) >= 11 is 0. The molecular weight excluding hydrogens is 277 g/mol.